The van der Waals surface area contributed by atoms with Gasteiger partial charge < -0.3 is 9.47 Å². The number of esters is 2. The van der Waals surface area contributed by atoms with Crippen molar-refractivity contribution in [2.75, 3.05) is 13.7 Å². The van der Waals surface area contributed by atoms with E-state index in [-0.39, 0.29) is 17.9 Å². The smallest absolute Gasteiger partial charge is 0.359 e. The van der Waals surface area contributed by atoms with Gasteiger partial charge in [-0.1, -0.05) is 0 Å². The fourth-order valence-corrected chi connectivity index (χ4v) is 1.54. The molecule has 0 bridgehead atoms. The third-order valence-corrected chi connectivity index (χ3v) is 2.28. The molecule has 94 valence electrons. The summed E-state index contributed by atoms with van der Waals surface area (Å²) in [7, 11) is 1.22. The minimum Gasteiger partial charge on any atom is -0.464 e. The van der Waals surface area contributed by atoms with Crippen molar-refractivity contribution in [2.24, 2.45) is 0 Å². The molecule has 0 fully saturated rings. The second-order valence-corrected chi connectivity index (χ2v) is 3.33. The summed E-state index contributed by atoms with van der Waals surface area (Å²) in [5.74, 6) is -1.33. The Hall–Kier alpha value is -2.44. The number of methoxy groups -OCH3 is 1. The van der Waals surface area contributed by atoms with Crippen LogP contribution < -0.4 is 0 Å². The van der Waals surface area contributed by atoms with Crippen LogP contribution in [0.3, 0.4) is 0 Å². The van der Waals surface area contributed by atoms with E-state index >= 15 is 0 Å². The molecule has 0 aliphatic rings. The van der Waals surface area contributed by atoms with Crippen LogP contribution in [0.4, 0.5) is 0 Å². The Morgan fingerprint density at radius 2 is 2.17 bits per heavy atom. The molecule has 0 N–H and O–H groups in total. The number of carbonyl (C=O) groups is 2. The number of nitrogens with zero attached hydrogens (tertiary/aromatic N) is 3. The van der Waals surface area contributed by atoms with Crippen LogP contribution in [-0.4, -0.2) is 40.5 Å². The van der Waals surface area contributed by atoms with Gasteiger partial charge in [-0.15, -0.1) is 9.73 Å². The molecule has 0 amide bonds. The third kappa shape index (κ3) is 1.90. The number of fused-ring (bicyclic) bond motifs is 1. The standard InChI is InChI=1S/C11H11N3O4/c1-3-18-10(15)8-7-5-4-6-12-14(7)13-9(8)11(16)17-2/h4-6H,3H2,1-2H3. The molecule has 2 rings (SSSR count). The molecule has 2 aromatic heterocycles. The van der Waals surface area contributed by atoms with Crippen LogP contribution in [0.5, 0.6) is 0 Å². The monoisotopic (exact) mass is 249 g/mol. The Kier molecular flexibility index (Phi) is 3.22. The van der Waals surface area contributed by atoms with E-state index in [0.29, 0.717) is 5.52 Å². The van der Waals surface area contributed by atoms with E-state index in [1.54, 1.807) is 19.1 Å². The highest BCUT2D eigenvalue weighted by atomic mass is 16.5. The summed E-state index contributed by atoms with van der Waals surface area (Å²) >= 11 is 0. The first kappa shape index (κ1) is 12.0. The SMILES string of the molecule is CCOC(=O)c1c(C(=O)OC)nn2ncccc12. The first-order valence-corrected chi connectivity index (χ1v) is 5.28. The summed E-state index contributed by atoms with van der Waals surface area (Å²) in [5.41, 5.74) is 0.364. The molecule has 18 heavy (non-hydrogen) atoms. The van der Waals surface area contributed by atoms with Crippen LogP contribution in [0.1, 0.15) is 27.8 Å². The van der Waals surface area contributed by atoms with Crippen LogP contribution in [0.2, 0.25) is 0 Å². The van der Waals surface area contributed by atoms with Crippen molar-refractivity contribution in [3.8, 4) is 0 Å². The Morgan fingerprint density at radius 3 is 2.83 bits per heavy atom. The van der Waals surface area contributed by atoms with Crippen LogP contribution in [0, 0.1) is 0 Å². The number of hydrogen-bond acceptors (Lipinski definition) is 6. The number of rotatable bonds is 3. The van der Waals surface area contributed by atoms with Gasteiger partial charge in [0.25, 0.3) is 0 Å². The largest absolute Gasteiger partial charge is 0.464 e. The Morgan fingerprint density at radius 1 is 1.39 bits per heavy atom. The zero-order valence-corrected chi connectivity index (χ0v) is 9.91. The molecule has 2 heterocycles. The highest BCUT2D eigenvalue weighted by molar-refractivity contribution is 6.06. The van der Waals surface area contributed by atoms with E-state index in [1.165, 1.54) is 17.9 Å². The average molecular weight is 249 g/mol. The molecule has 0 saturated carbocycles. The zero-order chi connectivity index (χ0) is 13.1. The topological polar surface area (TPSA) is 82.8 Å². The fourth-order valence-electron chi connectivity index (χ4n) is 1.54. The van der Waals surface area contributed by atoms with E-state index in [4.69, 9.17) is 4.74 Å². The first-order chi connectivity index (χ1) is 8.69. The molecule has 7 heteroatoms. The predicted molar refractivity (Wildman–Crippen MR) is 60.3 cm³/mol. The molecule has 0 unspecified atom stereocenters. The molecule has 2 aromatic rings. The minimum absolute atomic E-state index is 0.0665. The normalized spacial score (nSPS) is 10.3. The molecule has 0 aliphatic carbocycles. The molecular formula is C11H11N3O4. The van der Waals surface area contributed by atoms with Crippen molar-refractivity contribution in [2.45, 2.75) is 6.92 Å². The van der Waals surface area contributed by atoms with Gasteiger partial charge >= 0.3 is 11.9 Å². The molecule has 0 atom stereocenters. The molecule has 0 radical (unpaired) electrons. The second-order valence-electron chi connectivity index (χ2n) is 3.33. The van der Waals surface area contributed by atoms with E-state index in [1.807, 2.05) is 0 Å². The van der Waals surface area contributed by atoms with Gasteiger partial charge in [-0.25, -0.2) is 9.59 Å². The number of hydrogen-bond donors (Lipinski definition) is 0. The lowest BCUT2D eigenvalue weighted by Gasteiger charge is -2.01. The van der Waals surface area contributed by atoms with Gasteiger partial charge in [0.1, 0.15) is 11.1 Å². The number of aromatic nitrogens is 3. The summed E-state index contributed by atoms with van der Waals surface area (Å²) < 4.78 is 10.7. The fraction of sp³-hybridized carbons (Fsp3) is 0.273. The van der Waals surface area contributed by atoms with E-state index in [0.717, 1.165) is 0 Å². The van der Waals surface area contributed by atoms with Gasteiger partial charge in [0.2, 0.25) is 0 Å². The molecule has 7 nitrogen and oxygen atoms in total. The lowest BCUT2D eigenvalue weighted by atomic mass is 10.2. The molecule has 0 aromatic carbocycles. The quantitative estimate of drug-likeness (QED) is 0.744. The summed E-state index contributed by atoms with van der Waals surface area (Å²) in [4.78, 5) is 23.4. The van der Waals surface area contributed by atoms with Gasteiger partial charge in [0.05, 0.1) is 13.7 Å². The van der Waals surface area contributed by atoms with Crippen LogP contribution in [0.25, 0.3) is 5.52 Å². The molecule has 0 spiro atoms. The molecule has 0 aliphatic heterocycles. The van der Waals surface area contributed by atoms with Crippen LogP contribution >= 0.6 is 0 Å². The third-order valence-electron chi connectivity index (χ3n) is 2.28. The van der Waals surface area contributed by atoms with Crippen LogP contribution in [0.15, 0.2) is 18.3 Å². The van der Waals surface area contributed by atoms with Crippen molar-refractivity contribution in [1.82, 2.24) is 14.8 Å². The van der Waals surface area contributed by atoms with E-state index in [2.05, 4.69) is 14.9 Å². The molecule has 0 saturated heterocycles. The van der Waals surface area contributed by atoms with Gasteiger partial charge in [-0.05, 0) is 19.1 Å². The first-order valence-electron chi connectivity index (χ1n) is 5.28. The van der Waals surface area contributed by atoms with Crippen molar-refractivity contribution < 1.29 is 19.1 Å². The van der Waals surface area contributed by atoms with Crippen LogP contribution in [-0.2, 0) is 9.47 Å². The zero-order valence-electron chi connectivity index (χ0n) is 9.91. The predicted octanol–water partition coefficient (Wildman–Crippen LogP) is 0.693. The summed E-state index contributed by atoms with van der Waals surface area (Å²) in [5, 5.41) is 7.83. The lowest BCUT2D eigenvalue weighted by Crippen LogP contribution is -2.12. The number of carbonyl (C=O) groups excluding carboxylic acids is 2. The highest BCUT2D eigenvalue weighted by Gasteiger charge is 2.26. The van der Waals surface area contributed by atoms with Crippen molar-refractivity contribution in [3.63, 3.8) is 0 Å². The Balaban J connectivity index is 2.65. The van der Waals surface area contributed by atoms with Gasteiger partial charge in [-0.2, -0.15) is 5.10 Å². The van der Waals surface area contributed by atoms with Gasteiger partial charge in [-0.3, -0.25) is 0 Å². The summed E-state index contributed by atoms with van der Waals surface area (Å²) in [6.45, 7) is 1.89. The number of ether oxygens (including phenoxy) is 2. The Bertz CT molecular complexity index is 605. The van der Waals surface area contributed by atoms with Crippen molar-refractivity contribution in [1.29, 1.82) is 0 Å². The lowest BCUT2D eigenvalue weighted by molar-refractivity contribution is 0.0505. The highest BCUT2D eigenvalue weighted by Crippen LogP contribution is 2.17. The Labute approximate surface area is 102 Å². The summed E-state index contributed by atoms with van der Waals surface area (Å²) in [6.07, 6.45) is 1.50. The minimum atomic E-state index is -0.705. The maximum atomic E-state index is 11.8. The maximum absolute atomic E-state index is 11.8. The van der Waals surface area contributed by atoms with Crippen molar-refractivity contribution >= 4 is 17.5 Å². The van der Waals surface area contributed by atoms with E-state index in [9.17, 15) is 9.59 Å². The van der Waals surface area contributed by atoms with Gasteiger partial charge in [0, 0.05) is 6.20 Å². The average Bonchev–Trinajstić information content (AvgIpc) is 2.77. The second kappa shape index (κ2) is 4.82. The summed E-state index contributed by atoms with van der Waals surface area (Å²) in [6, 6.07) is 3.26. The molecular weight excluding hydrogens is 238 g/mol. The maximum Gasteiger partial charge on any atom is 0.359 e. The van der Waals surface area contributed by atoms with E-state index < -0.39 is 11.9 Å². The van der Waals surface area contributed by atoms with Crippen molar-refractivity contribution in [3.05, 3.63) is 29.6 Å². The van der Waals surface area contributed by atoms with Gasteiger partial charge in [0.15, 0.2) is 5.69 Å².